The van der Waals surface area contributed by atoms with Gasteiger partial charge in [-0.3, -0.25) is 4.79 Å². The number of benzene rings is 2. The second kappa shape index (κ2) is 8.90. The van der Waals surface area contributed by atoms with Crippen LogP contribution in [-0.4, -0.2) is 36.5 Å². The van der Waals surface area contributed by atoms with Gasteiger partial charge in [0.2, 0.25) is 5.91 Å². The van der Waals surface area contributed by atoms with Gasteiger partial charge in [-0.05, 0) is 11.1 Å². The standard InChI is InChI=1S/C20H24N2OS/c23-20(13-18-15-24-12-11-21-18)22-14-19(16-7-3-1-4-8-16)17-9-5-2-6-10-17/h1-10,18-19,21H,11-15H2,(H,22,23). The van der Waals surface area contributed by atoms with E-state index in [1.54, 1.807) is 0 Å². The van der Waals surface area contributed by atoms with E-state index in [2.05, 4.69) is 59.2 Å². The lowest BCUT2D eigenvalue weighted by atomic mass is 9.91. The number of carbonyl (C=O) groups is 1. The van der Waals surface area contributed by atoms with Gasteiger partial charge in [-0.1, -0.05) is 60.7 Å². The van der Waals surface area contributed by atoms with Gasteiger partial charge in [0.1, 0.15) is 0 Å². The Labute approximate surface area is 148 Å². The molecule has 1 fully saturated rings. The zero-order valence-corrected chi connectivity index (χ0v) is 14.6. The first-order valence-electron chi connectivity index (χ1n) is 8.50. The Morgan fingerprint density at radius 1 is 1.08 bits per heavy atom. The molecule has 3 rings (SSSR count). The van der Waals surface area contributed by atoms with E-state index in [4.69, 9.17) is 0 Å². The highest BCUT2D eigenvalue weighted by Crippen LogP contribution is 2.23. The van der Waals surface area contributed by atoms with Crippen LogP contribution >= 0.6 is 11.8 Å². The van der Waals surface area contributed by atoms with E-state index in [1.165, 1.54) is 11.1 Å². The van der Waals surface area contributed by atoms with Crippen LogP contribution in [0.15, 0.2) is 60.7 Å². The Morgan fingerprint density at radius 2 is 1.71 bits per heavy atom. The van der Waals surface area contributed by atoms with Gasteiger partial charge in [-0.15, -0.1) is 0 Å². The van der Waals surface area contributed by atoms with E-state index in [0.717, 1.165) is 18.1 Å². The summed E-state index contributed by atoms with van der Waals surface area (Å²) in [5.74, 6) is 2.48. The molecule has 0 radical (unpaired) electrons. The van der Waals surface area contributed by atoms with Crippen molar-refractivity contribution in [1.82, 2.24) is 10.6 Å². The lowest BCUT2D eigenvalue weighted by Gasteiger charge is -2.23. The molecule has 3 nitrogen and oxygen atoms in total. The smallest absolute Gasteiger partial charge is 0.221 e. The van der Waals surface area contributed by atoms with Crippen LogP contribution in [0.3, 0.4) is 0 Å². The van der Waals surface area contributed by atoms with Crippen molar-refractivity contribution in [3.8, 4) is 0 Å². The zero-order chi connectivity index (χ0) is 16.6. The predicted octanol–water partition coefficient (Wildman–Crippen LogP) is 3.03. The molecule has 2 N–H and O–H groups in total. The SMILES string of the molecule is O=C(CC1CSCCN1)NCC(c1ccccc1)c1ccccc1. The van der Waals surface area contributed by atoms with Crippen LogP contribution in [0, 0.1) is 0 Å². The number of nitrogens with one attached hydrogen (secondary N) is 2. The molecular formula is C20H24N2OS. The fourth-order valence-corrected chi connectivity index (χ4v) is 4.01. The van der Waals surface area contributed by atoms with Crippen molar-refractivity contribution in [2.75, 3.05) is 24.6 Å². The molecule has 1 saturated heterocycles. The summed E-state index contributed by atoms with van der Waals surface area (Å²) in [4.78, 5) is 12.3. The van der Waals surface area contributed by atoms with Crippen molar-refractivity contribution in [1.29, 1.82) is 0 Å². The molecule has 1 unspecified atom stereocenters. The zero-order valence-electron chi connectivity index (χ0n) is 13.8. The summed E-state index contributed by atoms with van der Waals surface area (Å²) >= 11 is 1.92. The van der Waals surface area contributed by atoms with Gasteiger partial charge >= 0.3 is 0 Å². The Hall–Kier alpha value is -1.78. The second-order valence-corrected chi connectivity index (χ2v) is 7.26. The van der Waals surface area contributed by atoms with Gasteiger partial charge in [0.05, 0.1) is 0 Å². The van der Waals surface area contributed by atoms with Gasteiger partial charge in [0.25, 0.3) is 0 Å². The molecule has 1 heterocycles. The number of thioether (sulfide) groups is 1. The summed E-state index contributed by atoms with van der Waals surface area (Å²) in [6, 6.07) is 21.1. The van der Waals surface area contributed by atoms with Gasteiger partial charge in [0.15, 0.2) is 0 Å². The monoisotopic (exact) mass is 340 g/mol. The highest BCUT2D eigenvalue weighted by atomic mass is 32.2. The van der Waals surface area contributed by atoms with Crippen molar-refractivity contribution in [2.24, 2.45) is 0 Å². The van der Waals surface area contributed by atoms with Gasteiger partial charge < -0.3 is 10.6 Å². The molecule has 0 saturated carbocycles. The predicted molar refractivity (Wildman–Crippen MR) is 101 cm³/mol. The molecule has 0 spiro atoms. The normalized spacial score (nSPS) is 17.6. The Kier molecular flexibility index (Phi) is 6.33. The van der Waals surface area contributed by atoms with Crippen LogP contribution in [0.1, 0.15) is 23.5 Å². The quantitative estimate of drug-likeness (QED) is 0.849. The first-order valence-corrected chi connectivity index (χ1v) is 9.66. The van der Waals surface area contributed by atoms with Crippen molar-refractivity contribution in [2.45, 2.75) is 18.4 Å². The molecule has 2 aromatic carbocycles. The average Bonchev–Trinajstić information content (AvgIpc) is 2.64. The average molecular weight is 340 g/mol. The highest BCUT2D eigenvalue weighted by Gasteiger charge is 2.19. The Bertz CT molecular complexity index is 587. The van der Waals surface area contributed by atoms with Crippen LogP contribution in [-0.2, 0) is 4.79 Å². The largest absolute Gasteiger partial charge is 0.355 e. The Balaban J connectivity index is 1.63. The van der Waals surface area contributed by atoms with Crippen molar-refractivity contribution >= 4 is 17.7 Å². The summed E-state index contributed by atoms with van der Waals surface area (Å²) < 4.78 is 0. The molecule has 1 aliphatic rings. The maximum atomic E-state index is 12.3. The maximum absolute atomic E-state index is 12.3. The minimum absolute atomic E-state index is 0.131. The van der Waals surface area contributed by atoms with Gasteiger partial charge in [-0.2, -0.15) is 11.8 Å². The molecule has 0 aliphatic carbocycles. The van der Waals surface area contributed by atoms with Gasteiger partial charge in [-0.25, -0.2) is 0 Å². The minimum Gasteiger partial charge on any atom is -0.355 e. The molecule has 126 valence electrons. The summed E-state index contributed by atoms with van der Waals surface area (Å²) in [7, 11) is 0. The van der Waals surface area contributed by atoms with Crippen LogP contribution in [0.5, 0.6) is 0 Å². The number of rotatable bonds is 6. The second-order valence-electron chi connectivity index (χ2n) is 6.11. The Morgan fingerprint density at radius 3 is 2.25 bits per heavy atom. The number of hydrogen-bond acceptors (Lipinski definition) is 3. The molecule has 4 heteroatoms. The molecule has 1 atom stereocenters. The van der Waals surface area contributed by atoms with E-state index in [9.17, 15) is 4.79 Å². The lowest BCUT2D eigenvalue weighted by Crippen LogP contribution is -2.42. The number of amides is 1. The fourth-order valence-electron chi connectivity index (χ4n) is 3.06. The first kappa shape index (κ1) is 17.1. The first-order chi connectivity index (χ1) is 11.8. The third-order valence-electron chi connectivity index (χ3n) is 4.34. The van der Waals surface area contributed by atoms with E-state index < -0.39 is 0 Å². The minimum atomic E-state index is 0.131. The van der Waals surface area contributed by atoms with Crippen LogP contribution < -0.4 is 10.6 Å². The van der Waals surface area contributed by atoms with Crippen molar-refractivity contribution in [3.63, 3.8) is 0 Å². The number of carbonyl (C=O) groups excluding carboxylic acids is 1. The summed E-state index contributed by atoms with van der Waals surface area (Å²) in [6.07, 6.45) is 0.559. The maximum Gasteiger partial charge on any atom is 0.221 e. The van der Waals surface area contributed by atoms with Crippen molar-refractivity contribution < 1.29 is 4.79 Å². The van der Waals surface area contributed by atoms with E-state index >= 15 is 0 Å². The van der Waals surface area contributed by atoms with Crippen LogP contribution in [0.2, 0.25) is 0 Å². The van der Waals surface area contributed by atoms with Gasteiger partial charge in [0, 0.05) is 43.0 Å². The molecule has 1 amide bonds. The molecule has 24 heavy (non-hydrogen) atoms. The van der Waals surface area contributed by atoms with Crippen molar-refractivity contribution in [3.05, 3.63) is 71.8 Å². The van der Waals surface area contributed by atoms with E-state index in [0.29, 0.717) is 19.0 Å². The third-order valence-corrected chi connectivity index (χ3v) is 5.47. The van der Waals surface area contributed by atoms with E-state index in [1.807, 2.05) is 23.9 Å². The lowest BCUT2D eigenvalue weighted by molar-refractivity contribution is -0.121. The molecule has 0 aromatic heterocycles. The number of hydrogen-bond donors (Lipinski definition) is 2. The third kappa shape index (κ3) is 4.86. The summed E-state index contributed by atoms with van der Waals surface area (Å²) in [6.45, 7) is 1.63. The molecule has 2 aromatic rings. The molecule has 0 bridgehead atoms. The molecular weight excluding hydrogens is 316 g/mol. The summed E-state index contributed by atoms with van der Waals surface area (Å²) in [5, 5.41) is 6.56. The van der Waals surface area contributed by atoms with E-state index in [-0.39, 0.29) is 11.8 Å². The topological polar surface area (TPSA) is 41.1 Å². The van der Waals surface area contributed by atoms with Crippen LogP contribution in [0.25, 0.3) is 0 Å². The van der Waals surface area contributed by atoms with Crippen LogP contribution in [0.4, 0.5) is 0 Å². The molecule has 1 aliphatic heterocycles. The summed E-state index contributed by atoms with van der Waals surface area (Å²) in [5.41, 5.74) is 2.46. The fraction of sp³-hybridized carbons (Fsp3) is 0.350. The highest BCUT2D eigenvalue weighted by molar-refractivity contribution is 7.99.